The van der Waals surface area contributed by atoms with E-state index < -0.39 is 0 Å². The summed E-state index contributed by atoms with van der Waals surface area (Å²) in [6, 6.07) is 0. The Morgan fingerprint density at radius 3 is 2.75 bits per heavy atom. The number of aliphatic hydroxyl groups excluding tert-OH is 1. The van der Waals surface area contributed by atoms with Crippen molar-refractivity contribution in [1.29, 1.82) is 0 Å². The van der Waals surface area contributed by atoms with E-state index in [1.165, 1.54) is 0 Å². The zero-order valence-electron chi connectivity index (χ0n) is 4.96. The van der Waals surface area contributed by atoms with E-state index >= 15 is 0 Å². The first-order valence-corrected chi connectivity index (χ1v) is 3.19. The van der Waals surface area contributed by atoms with Crippen molar-refractivity contribution < 1.29 is 9.84 Å². The highest BCUT2D eigenvalue weighted by atomic mass is 32.1. The molecule has 0 rings (SSSR count). The first-order chi connectivity index (χ1) is 3.81. The smallest absolute Gasteiger partial charge is 0.0778 e. The first-order valence-electron chi connectivity index (χ1n) is 2.61. The molecular weight excluding hydrogens is 124 g/mol. The van der Waals surface area contributed by atoms with Crippen molar-refractivity contribution in [3.63, 3.8) is 0 Å². The Morgan fingerprint density at radius 1 is 1.75 bits per heavy atom. The maximum Gasteiger partial charge on any atom is 0.0778 e. The Labute approximate surface area is 55.3 Å². The highest BCUT2D eigenvalue weighted by Crippen LogP contribution is 1.87. The maximum absolute atomic E-state index is 8.40. The van der Waals surface area contributed by atoms with Crippen molar-refractivity contribution >= 4 is 12.6 Å². The zero-order chi connectivity index (χ0) is 6.41. The Balaban J connectivity index is 2.86. The van der Waals surface area contributed by atoms with Gasteiger partial charge < -0.3 is 9.84 Å². The average Bonchev–Trinajstić information content (AvgIpc) is 1.83. The lowest BCUT2D eigenvalue weighted by molar-refractivity contribution is 0.0341. The highest BCUT2D eigenvalue weighted by molar-refractivity contribution is 7.80. The minimum absolute atomic E-state index is 0.0575. The molecule has 8 heavy (non-hydrogen) atoms. The van der Waals surface area contributed by atoms with Crippen LogP contribution < -0.4 is 0 Å². The molecule has 0 spiro atoms. The van der Waals surface area contributed by atoms with Crippen LogP contribution in [0.3, 0.4) is 0 Å². The van der Waals surface area contributed by atoms with Gasteiger partial charge in [-0.15, -0.1) is 0 Å². The lowest BCUT2D eigenvalue weighted by Gasteiger charge is -2.06. The number of hydrogen-bond acceptors (Lipinski definition) is 2. The number of ether oxygens (including phenoxy) is 1. The number of rotatable bonds is 4. The van der Waals surface area contributed by atoms with Gasteiger partial charge in [-0.2, -0.15) is 0 Å². The van der Waals surface area contributed by atoms with Crippen LogP contribution in [0.25, 0.3) is 0 Å². The van der Waals surface area contributed by atoms with E-state index in [2.05, 4.69) is 12.6 Å². The van der Waals surface area contributed by atoms with Crippen LogP contribution in [0.1, 0.15) is 6.92 Å². The molecule has 1 atom stereocenters. The molecule has 0 bridgehead atoms. The SMILES string of the molecule is CC(CO)OCC[S]. The van der Waals surface area contributed by atoms with Crippen LogP contribution in [-0.4, -0.2) is 30.2 Å². The largest absolute Gasteiger partial charge is 0.394 e. The van der Waals surface area contributed by atoms with Crippen LogP contribution >= 0.6 is 12.6 Å². The molecule has 3 heteroatoms. The third kappa shape index (κ3) is 4.43. The van der Waals surface area contributed by atoms with Crippen LogP contribution in [0.4, 0.5) is 0 Å². The highest BCUT2D eigenvalue weighted by Gasteiger charge is 1.95. The van der Waals surface area contributed by atoms with Crippen LogP contribution in [0.5, 0.6) is 0 Å². The summed E-state index contributed by atoms with van der Waals surface area (Å²) in [5.41, 5.74) is 0. The Kier molecular flexibility index (Phi) is 5.59. The standard InChI is InChI=1S/C5H11O2S/c1-5(4-6)7-2-3-8/h5-6H,2-4H2,1H3. The fourth-order valence-electron chi connectivity index (χ4n) is 0.302. The maximum atomic E-state index is 8.40. The van der Waals surface area contributed by atoms with Crippen molar-refractivity contribution in [2.24, 2.45) is 0 Å². The Morgan fingerprint density at radius 2 is 2.38 bits per heavy atom. The predicted molar refractivity (Wildman–Crippen MR) is 35.0 cm³/mol. The summed E-state index contributed by atoms with van der Waals surface area (Å²) >= 11 is 4.61. The van der Waals surface area contributed by atoms with Crippen molar-refractivity contribution in [2.75, 3.05) is 19.0 Å². The molecule has 0 aliphatic rings. The van der Waals surface area contributed by atoms with Gasteiger partial charge in [-0.3, -0.25) is 0 Å². The molecule has 1 radical (unpaired) electrons. The van der Waals surface area contributed by atoms with Crippen molar-refractivity contribution in [3.05, 3.63) is 0 Å². The van der Waals surface area contributed by atoms with Crippen molar-refractivity contribution in [3.8, 4) is 0 Å². The van der Waals surface area contributed by atoms with Gasteiger partial charge in [-0.05, 0) is 6.92 Å². The summed E-state index contributed by atoms with van der Waals surface area (Å²) in [7, 11) is 0. The summed E-state index contributed by atoms with van der Waals surface area (Å²) in [5, 5.41) is 8.40. The van der Waals surface area contributed by atoms with Gasteiger partial charge in [-0.1, -0.05) is 12.6 Å². The second-order valence-electron chi connectivity index (χ2n) is 1.57. The van der Waals surface area contributed by atoms with Gasteiger partial charge >= 0.3 is 0 Å². The van der Waals surface area contributed by atoms with Gasteiger partial charge in [0, 0.05) is 5.75 Å². The third-order valence-electron chi connectivity index (χ3n) is 0.743. The topological polar surface area (TPSA) is 29.5 Å². The van der Waals surface area contributed by atoms with Gasteiger partial charge in [0.1, 0.15) is 0 Å². The zero-order valence-corrected chi connectivity index (χ0v) is 5.78. The van der Waals surface area contributed by atoms with E-state index in [-0.39, 0.29) is 12.7 Å². The molecule has 0 saturated heterocycles. The minimum Gasteiger partial charge on any atom is -0.394 e. The first kappa shape index (κ1) is 8.27. The molecule has 0 aliphatic carbocycles. The average molecular weight is 135 g/mol. The molecule has 2 nitrogen and oxygen atoms in total. The van der Waals surface area contributed by atoms with Gasteiger partial charge in [-0.25, -0.2) is 0 Å². The molecule has 0 heterocycles. The van der Waals surface area contributed by atoms with E-state index in [0.29, 0.717) is 12.4 Å². The summed E-state index contributed by atoms with van der Waals surface area (Å²) in [5.74, 6) is 0.602. The fraction of sp³-hybridized carbons (Fsp3) is 1.00. The normalized spacial score (nSPS) is 13.9. The summed E-state index contributed by atoms with van der Waals surface area (Å²) < 4.78 is 4.99. The van der Waals surface area contributed by atoms with Crippen molar-refractivity contribution in [2.45, 2.75) is 13.0 Å². The molecule has 1 N–H and O–H groups in total. The fourth-order valence-corrected chi connectivity index (χ4v) is 0.398. The molecule has 0 amide bonds. The minimum atomic E-state index is -0.0575. The van der Waals surface area contributed by atoms with Crippen molar-refractivity contribution in [1.82, 2.24) is 0 Å². The molecule has 0 aromatic rings. The molecule has 0 fully saturated rings. The van der Waals surface area contributed by atoms with E-state index in [4.69, 9.17) is 9.84 Å². The summed E-state index contributed by atoms with van der Waals surface area (Å²) in [4.78, 5) is 0. The summed E-state index contributed by atoms with van der Waals surface area (Å²) in [6.07, 6.45) is -0.0575. The number of hydrogen-bond donors (Lipinski definition) is 1. The van der Waals surface area contributed by atoms with Crippen LogP contribution in [0.2, 0.25) is 0 Å². The van der Waals surface area contributed by atoms with Crippen LogP contribution in [0.15, 0.2) is 0 Å². The lowest BCUT2D eigenvalue weighted by Crippen LogP contribution is -2.13. The predicted octanol–water partition coefficient (Wildman–Crippen LogP) is 0.581. The number of aliphatic hydroxyl groups is 1. The Hall–Kier alpha value is 0.270. The lowest BCUT2D eigenvalue weighted by atomic mass is 10.4. The second kappa shape index (κ2) is 5.41. The monoisotopic (exact) mass is 135 g/mol. The Bertz CT molecular complexity index is 49.7. The molecule has 1 unspecified atom stereocenters. The van der Waals surface area contributed by atoms with Crippen LogP contribution in [-0.2, 0) is 4.74 Å². The van der Waals surface area contributed by atoms with Gasteiger partial charge in [0.15, 0.2) is 0 Å². The molecule has 49 valence electrons. The third-order valence-corrected chi connectivity index (χ3v) is 0.909. The van der Waals surface area contributed by atoms with E-state index in [1.54, 1.807) is 0 Å². The van der Waals surface area contributed by atoms with Gasteiger partial charge in [0.05, 0.1) is 19.3 Å². The van der Waals surface area contributed by atoms with E-state index in [1.807, 2.05) is 6.92 Å². The van der Waals surface area contributed by atoms with Gasteiger partial charge in [0.25, 0.3) is 0 Å². The van der Waals surface area contributed by atoms with E-state index in [9.17, 15) is 0 Å². The molecular formula is C5H11O2S. The second-order valence-corrected chi connectivity index (χ2v) is 1.98. The molecule has 0 aliphatic heterocycles. The van der Waals surface area contributed by atoms with Gasteiger partial charge in [0.2, 0.25) is 0 Å². The van der Waals surface area contributed by atoms with Crippen LogP contribution in [0, 0.1) is 0 Å². The molecule has 0 aromatic carbocycles. The van der Waals surface area contributed by atoms with E-state index in [0.717, 1.165) is 0 Å². The molecule has 0 saturated carbocycles. The molecule has 0 aromatic heterocycles. The quantitative estimate of drug-likeness (QED) is 0.611. The summed E-state index contributed by atoms with van der Waals surface area (Å²) in [6.45, 7) is 2.46.